The van der Waals surface area contributed by atoms with Crippen LogP contribution in [0, 0.1) is 11.6 Å². The minimum absolute atomic E-state index is 0.0412. The molecule has 6 heteroatoms. The molecule has 1 fully saturated rings. The van der Waals surface area contributed by atoms with Crippen molar-refractivity contribution in [3.05, 3.63) is 29.3 Å². The lowest BCUT2D eigenvalue weighted by Gasteiger charge is -2.49. The summed E-state index contributed by atoms with van der Waals surface area (Å²) in [6.07, 6.45) is 3.31. The van der Waals surface area contributed by atoms with E-state index in [-0.39, 0.29) is 21.8 Å². The molecule has 3 nitrogen and oxygen atoms in total. The third kappa shape index (κ3) is 2.87. The number of hydrogen-bond donors (Lipinski definition) is 1. The number of hydrogen-bond acceptors (Lipinski definition) is 3. The second-order valence-electron chi connectivity index (χ2n) is 5.95. The zero-order valence-electron chi connectivity index (χ0n) is 12.6. The minimum atomic E-state index is -0.973. The van der Waals surface area contributed by atoms with E-state index in [0.717, 1.165) is 12.8 Å². The molecular weight excluding hydrogens is 292 g/mol. The zero-order valence-corrected chi connectivity index (χ0v) is 13.4. The van der Waals surface area contributed by atoms with Gasteiger partial charge in [-0.1, -0.05) is 12.2 Å². The van der Waals surface area contributed by atoms with Crippen molar-refractivity contribution < 1.29 is 8.78 Å². The van der Waals surface area contributed by atoms with E-state index in [4.69, 9.17) is 18.0 Å². The molecule has 0 bridgehead atoms. The quantitative estimate of drug-likeness (QED) is 0.847. The predicted molar refractivity (Wildman–Crippen MR) is 85.8 cm³/mol. The molecule has 1 aromatic carbocycles. The Morgan fingerprint density at radius 1 is 1.24 bits per heavy atom. The van der Waals surface area contributed by atoms with E-state index < -0.39 is 11.6 Å². The van der Waals surface area contributed by atoms with E-state index in [1.165, 1.54) is 18.6 Å². The van der Waals surface area contributed by atoms with Crippen LogP contribution in [0.1, 0.15) is 24.8 Å². The lowest BCUT2D eigenvalue weighted by molar-refractivity contribution is 0.0682. The third-order valence-corrected chi connectivity index (χ3v) is 4.72. The molecule has 0 heterocycles. The summed E-state index contributed by atoms with van der Waals surface area (Å²) in [4.78, 5) is 3.80. The highest BCUT2D eigenvalue weighted by molar-refractivity contribution is 7.80. The van der Waals surface area contributed by atoms with E-state index in [1.807, 2.05) is 14.1 Å². The van der Waals surface area contributed by atoms with Gasteiger partial charge >= 0.3 is 0 Å². The second kappa shape index (κ2) is 5.85. The summed E-state index contributed by atoms with van der Waals surface area (Å²) >= 11 is 4.72. The first kappa shape index (κ1) is 16.1. The van der Waals surface area contributed by atoms with E-state index in [0.29, 0.717) is 6.54 Å². The van der Waals surface area contributed by atoms with Gasteiger partial charge in [0.05, 0.1) is 5.69 Å². The van der Waals surface area contributed by atoms with Gasteiger partial charge in [-0.15, -0.1) is 0 Å². The number of rotatable bonds is 5. The summed E-state index contributed by atoms with van der Waals surface area (Å²) in [6, 6.07) is 2.98. The first-order chi connectivity index (χ1) is 9.78. The largest absolute Gasteiger partial charge is 0.389 e. The van der Waals surface area contributed by atoms with Gasteiger partial charge in [0.2, 0.25) is 0 Å². The lowest BCUT2D eigenvalue weighted by Crippen LogP contribution is -2.56. The van der Waals surface area contributed by atoms with Crippen molar-refractivity contribution in [1.82, 2.24) is 4.90 Å². The van der Waals surface area contributed by atoms with Crippen molar-refractivity contribution in [1.29, 1.82) is 0 Å². The number of nitrogens with zero attached hydrogens (tertiary/aromatic N) is 2. The van der Waals surface area contributed by atoms with Crippen LogP contribution in [-0.2, 0) is 0 Å². The molecule has 0 saturated heterocycles. The molecule has 0 amide bonds. The molecule has 21 heavy (non-hydrogen) atoms. The van der Waals surface area contributed by atoms with Gasteiger partial charge in [0, 0.05) is 24.7 Å². The Balaban J connectivity index is 2.26. The summed E-state index contributed by atoms with van der Waals surface area (Å²) < 4.78 is 28.2. The lowest BCUT2D eigenvalue weighted by atomic mass is 9.75. The molecule has 0 atom stereocenters. The number of thiocarbonyl (C=S) groups is 1. The second-order valence-corrected chi connectivity index (χ2v) is 6.39. The topological polar surface area (TPSA) is 32.5 Å². The summed E-state index contributed by atoms with van der Waals surface area (Å²) in [5, 5.41) is 0. The van der Waals surface area contributed by atoms with Gasteiger partial charge in [-0.3, -0.25) is 0 Å². The molecule has 2 rings (SSSR count). The zero-order chi connectivity index (χ0) is 15.8. The van der Waals surface area contributed by atoms with Crippen LogP contribution >= 0.6 is 12.2 Å². The SMILES string of the molecule is CN(CC1(N(C)C)CCC1)c1ccc(C(N)=S)c(F)c1F. The maximum Gasteiger partial charge on any atom is 0.182 e. The van der Waals surface area contributed by atoms with Gasteiger partial charge in [0.25, 0.3) is 0 Å². The van der Waals surface area contributed by atoms with Crippen molar-refractivity contribution in [2.75, 3.05) is 32.6 Å². The van der Waals surface area contributed by atoms with Crippen LogP contribution in [0.15, 0.2) is 12.1 Å². The summed E-state index contributed by atoms with van der Waals surface area (Å²) in [5.41, 5.74) is 5.61. The molecule has 1 aromatic rings. The van der Waals surface area contributed by atoms with Crippen molar-refractivity contribution >= 4 is 22.9 Å². The molecule has 0 unspecified atom stereocenters. The van der Waals surface area contributed by atoms with Crippen LogP contribution < -0.4 is 10.6 Å². The highest BCUT2D eigenvalue weighted by Crippen LogP contribution is 2.38. The van der Waals surface area contributed by atoms with E-state index >= 15 is 0 Å². The molecule has 1 aliphatic rings. The average Bonchev–Trinajstić information content (AvgIpc) is 2.35. The Kier molecular flexibility index (Phi) is 4.49. The highest BCUT2D eigenvalue weighted by Gasteiger charge is 2.40. The third-order valence-electron chi connectivity index (χ3n) is 4.50. The number of anilines is 1. The van der Waals surface area contributed by atoms with Crippen molar-refractivity contribution in [2.45, 2.75) is 24.8 Å². The first-order valence-corrected chi connectivity index (χ1v) is 7.36. The molecule has 116 valence electrons. The van der Waals surface area contributed by atoms with Crippen LogP contribution in [0.4, 0.5) is 14.5 Å². The molecule has 0 aromatic heterocycles. The monoisotopic (exact) mass is 313 g/mol. The summed E-state index contributed by atoms with van der Waals surface area (Å²) in [6.45, 7) is 0.656. The fraction of sp³-hybridized carbons (Fsp3) is 0.533. The standard InChI is InChI=1S/C15H21F2N3S/c1-19(2)15(7-4-8-15)9-20(3)11-6-5-10(14(18)21)12(16)13(11)17/h5-6H,4,7-9H2,1-3H3,(H2,18,21). The van der Waals surface area contributed by atoms with Crippen LogP contribution in [0.2, 0.25) is 0 Å². The Labute approximate surface area is 129 Å². The fourth-order valence-electron chi connectivity index (χ4n) is 2.88. The fourth-order valence-corrected chi connectivity index (χ4v) is 3.04. The van der Waals surface area contributed by atoms with Crippen molar-refractivity contribution in [3.63, 3.8) is 0 Å². The van der Waals surface area contributed by atoms with Crippen molar-refractivity contribution in [3.8, 4) is 0 Å². The average molecular weight is 313 g/mol. The van der Waals surface area contributed by atoms with Gasteiger partial charge in [-0.2, -0.15) is 0 Å². The molecule has 2 N–H and O–H groups in total. The smallest absolute Gasteiger partial charge is 0.182 e. The number of nitrogens with two attached hydrogens (primary N) is 1. The highest BCUT2D eigenvalue weighted by atomic mass is 32.1. The number of likely N-dealkylation sites (N-methyl/N-ethyl adjacent to an activating group) is 2. The molecule has 0 aliphatic heterocycles. The Hall–Kier alpha value is -1.27. The Morgan fingerprint density at radius 2 is 1.86 bits per heavy atom. The van der Waals surface area contributed by atoms with Gasteiger partial charge in [-0.05, 0) is 45.5 Å². The van der Waals surface area contributed by atoms with Crippen LogP contribution in [0.25, 0.3) is 0 Å². The van der Waals surface area contributed by atoms with E-state index in [1.54, 1.807) is 11.9 Å². The molecule has 0 spiro atoms. The maximum atomic E-state index is 14.2. The molecular formula is C15H21F2N3S. The van der Waals surface area contributed by atoms with E-state index in [9.17, 15) is 8.78 Å². The molecule has 1 aliphatic carbocycles. The summed E-state index contributed by atoms with van der Waals surface area (Å²) in [5.74, 6) is -1.87. The van der Waals surface area contributed by atoms with E-state index in [2.05, 4.69) is 4.90 Å². The Morgan fingerprint density at radius 3 is 2.29 bits per heavy atom. The number of halogens is 2. The van der Waals surface area contributed by atoms with Crippen LogP contribution in [0.3, 0.4) is 0 Å². The van der Waals surface area contributed by atoms with Gasteiger partial charge < -0.3 is 15.5 Å². The molecule has 1 saturated carbocycles. The predicted octanol–water partition coefficient (Wildman–Crippen LogP) is 2.52. The molecule has 0 radical (unpaired) electrons. The minimum Gasteiger partial charge on any atom is -0.389 e. The van der Waals surface area contributed by atoms with Gasteiger partial charge in [0.1, 0.15) is 4.99 Å². The normalized spacial score (nSPS) is 16.7. The van der Waals surface area contributed by atoms with Gasteiger partial charge in [0.15, 0.2) is 11.6 Å². The van der Waals surface area contributed by atoms with Crippen molar-refractivity contribution in [2.24, 2.45) is 5.73 Å². The van der Waals surface area contributed by atoms with Gasteiger partial charge in [-0.25, -0.2) is 8.78 Å². The number of benzene rings is 1. The van der Waals surface area contributed by atoms with Crippen LogP contribution in [-0.4, -0.2) is 43.1 Å². The van der Waals surface area contributed by atoms with Crippen LogP contribution in [0.5, 0.6) is 0 Å². The summed E-state index contributed by atoms with van der Waals surface area (Å²) in [7, 11) is 5.83. The Bertz CT molecular complexity index is 556. The maximum absolute atomic E-state index is 14.2. The first-order valence-electron chi connectivity index (χ1n) is 6.95.